The van der Waals surface area contributed by atoms with Gasteiger partial charge >= 0.3 is 0 Å². The molecule has 22 heavy (non-hydrogen) atoms. The summed E-state index contributed by atoms with van der Waals surface area (Å²) in [5.74, 6) is 0.0427. The number of aromatic nitrogens is 1. The average Bonchev–Trinajstić information content (AvgIpc) is 3.08. The Bertz CT molecular complexity index is 587. The van der Waals surface area contributed by atoms with Gasteiger partial charge in [0.15, 0.2) is 0 Å². The minimum absolute atomic E-state index is 0. The SMILES string of the molecule is CC(C)C(C)(CN)NC(=O)c1csc(-c2ccoc2)n1.Cl.Cl. The Hall–Kier alpha value is -1.08. The predicted molar refractivity (Wildman–Crippen MR) is 94.1 cm³/mol. The van der Waals surface area contributed by atoms with Gasteiger partial charge in [0.05, 0.1) is 11.8 Å². The number of nitrogens with one attached hydrogen (secondary N) is 1. The highest BCUT2D eigenvalue weighted by molar-refractivity contribution is 7.13. The fourth-order valence-electron chi connectivity index (χ4n) is 1.65. The van der Waals surface area contributed by atoms with E-state index in [0.717, 1.165) is 10.6 Å². The number of hydrogen-bond acceptors (Lipinski definition) is 5. The van der Waals surface area contributed by atoms with Gasteiger partial charge in [-0.3, -0.25) is 4.79 Å². The van der Waals surface area contributed by atoms with Crippen molar-refractivity contribution in [2.75, 3.05) is 6.54 Å². The van der Waals surface area contributed by atoms with E-state index in [4.69, 9.17) is 10.2 Å². The van der Waals surface area contributed by atoms with Crippen molar-refractivity contribution in [3.8, 4) is 10.6 Å². The summed E-state index contributed by atoms with van der Waals surface area (Å²) in [6.45, 7) is 6.39. The van der Waals surface area contributed by atoms with Gasteiger partial charge in [-0.25, -0.2) is 4.98 Å². The minimum atomic E-state index is -0.434. The summed E-state index contributed by atoms with van der Waals surface area (Å²) in [4.78, 5) is 16.6. The number of halogens is 2. The summed E-state index contributed by atoms with van der Waals surface area (Å²) in [5, 5.41) is 5.49. The number of nitrogens with two attached hydrogens (primary N) is 1. The molecule has 1 amide bonds. The molecule has 0 aliphatic carbocycles. The molecule has 0 radical (unpaired) electrons. The second-order valence-corrected chi connectivity index (χ2v) is 6.14. The van der Waals surface area contributed by atoms with Crippen LogP contribution in [-0.2, 0) is 0 Å². The Balaban J connectivity index is 0.00000220. The number of carbonyl (C=O) groups excluding carboxylic acids is 1. The lowest BCUT2D eigenvalue weighted by molar-refractivity contribution is 0.0879. The third kappa shape index (κ3) is 4.46. The maximum Gasteiger partial charge on any atom is 0.271 e. The second-order valence-electron chi connectivity index (χ2n) is 5.28. The maximum absolute atomic E-state index is 12.3. The largest absolute Gasteiger partial charge is 0.472 e. The van der Waals surface area contributed by atoms with Gasteiger partial charge in [0.2, 0.25) is 0 Å². The molecule has 0 spiro atoms. The van der Waals surface area contributed by atoms with Crippen molar-refractivity contribution in [3.05, 3.63) is 29.7 Å². The monoisotopic (exact) mass is 365 g/mol. The quantitative estimate of drug-likeness (QED) is 0.850. The molecule has 0 saturated heterocycles. The predicted octanol–water partition coefficient (Wildman–Crippen LogP) is 3.35. The molecule has 2 aromatic rings. The number of amides is 1. The lowest BCUT2D eigenvalue weighted by atomic mass is 9.88. The number of furan rings is 1. The Morgan fingerprint density at radius 3 is 2.68 bits per heavy atom. The zero-order valence-electron chi connectivity index (χ0n) is 12.7. The third-order valence-electron chi connectivity index (χ3n) is 3.60. The van der Waals surface area contributed by atoms with Gasteiger partial charge in [0, 0.05) is 17.5 Å². The molecule has 0 saturated carbocycles. The first-order valence-electron chi connectivity index (χ1n) is 6.47. The van der Waals surface area contributed by atoms with Gasteiger partial charge < -0.3 is 15.5 Å². The van der Waals surface area contributed by atoms with Crippen LogP contribution in [0.4, 0.5) is 0 Å². The second kappa shape index (κ2) is 8.53. The van der Waals surface area contributed by atoms with Crippen molar-refractivity contribution in [2.24, 2.45) is 11.7 Å². The van der Waals surface area contributed by atoms with Crippen LogP contribution in [0.1, 0.15) is 31.3 Å². The first-order chi connectivity index (χ1) is 9.46. The van der Waals surface area contributed by atoms with E-state index in [1.54, 1.807) is 17.9 Å². The molecule has 0 aliphatic heterocycles. The summed E-state index contributed by atoms with van der Waals surface area (Å²) < 4.78 is 5.02. The van der Waals surface area contributed by atoms with Gasteiger partial charge in [0.1, 0.15) is 17.0 Å². The van der Waals surface area contributed by atoms with E-state index < -0.39 is 5.54 Å². The normalized spacial score (nSPS) is 13.0. The standard InChI is InChI=1S/C14H19N3O2S.2ClH/c1-9(2)14(3,8-15)17-12(18)11-7-20-13(16-11)10-4-5-19-6-10;;/h4-7,9H,8,15H2,1-3H3,(H,17,18);2*1H. The Labute approximate surface area is 146 Å². The fourth-order valence-corrected chi connectivity index (χ4v) is 2.44. The number of hydrogen-bond donors (Lipinski definition) is 2. The van der Waals surface area contributed by atoms with E-state index in [-0.39, 0.29) is 36.6 Å². The van der Waals surface area contributed by atoms with Gasteiger partial charge in [0.25, 0.3) is 5.91 Å². The van der Waals surface area contributed by atoms with Gasteiger partial charge in [-0.1, -0.05) is 13.8 Å². The topological polar surface area (TPSA) is 81.1 Å². The van der Waals surface area contributed by atoms with Crippen LogP contribution in [0, 0.1) is 5.92 Å². The molecule has 2 heterocycles. The summed E-state index contributed by atoms with van der Waals surface area (Å²) in [6, 6.07) is 1.82. The van der Waals surface area contributed by atoms with Crippen molar-refractivity contribution in [1.82, 2.24) is 10.3 Å². The zero-order valence-corrected chi connectivity index (χ0v) is 15.1. The highest BCUT2D eigenvalue weighted by atomic mass is 35.5. The van der Waals surface area contributed by atoms with Crippen LogP contribution >= 0.6 is 36.2 Å². The van der Waals surface area contributed by atoms with Crippen LogP contribution in [-0.4, -0.2) is 23.0 Å². The molecule has 1 unspecified atom stereocenters. The summed E-state index contributed by atoms with van der Waals surface area (Å²) >= 11 is 1.41. The van der Waals surface area contributed by atoms with E-state index in [1.165, 1.54) is 11.3 Å². The molecule has 124 valence electrons. The van der Waals surface area contributed by atoms with Crippen molar-refractivity contribution >= 4 is 42.1 Å². The van der Waals surface area contributed by atoms with Gasteiger partial charge in [-0.05, 0) is 18.9 Å². The van der Waals surface area contributed by atoms with Crippen LogP contribution in [0.2, 0.25) is 0 Å². The van der Waals surface area contributed by atoms with E-state index in [0.29, 0.717) is 12.2 Å². The molecule has 0 bridgehead atoms. The number of rotatable bonds is 5. The molecule has 8 heteroatoms. The van der Waals surface area contributed by atoms with Crippen LogP contribution < -0.4 is 11.1 Å². The van der Waals surface area contributed by atoms with Gasteiger partial charge in [-0.2, -0.15) is 0 Å². The van der Waals surface area contributed by atoms with E-state index in [2.05, 4.69) is 10.3 Å². The van der Waals surface area contributed by atoms with Gasteiger partial charge in [-0.15, -0.1) is 36.2 Å². The summed E-state index contributed by atoms with van der Waals surface area (Å²) in [6.07, 6.45) is 3.19. The van der Waals surface area contributed by atoms with Crippen LogP contribution in [0.5, 0.6) is 0 Å². The highest BCUT2D eigenvalue weighted by Crippen LogP contribution is 2.24. The highest BCUT2D eigenvalue weighted by Gasteiger charge is 2.29. The number of thiazole rings is 1. The lowest BCUT2D eigenvalue weighted by Crippen LogP contribution is -2.55. The number of carbonyl (C=O) groups is 1. The molecule has 3 N–H and O–H groups in total. The molecular weight excluding hydrogens is 345 g/mol. The third-order valence-corrected chi connectivity index (χ3v) is 4.49. The molecular formula is C14H21Cl2N3O2S. The van der Waals surface area contributed by atoms with Crippen molar-refractivity contribution in [1.29, 1.82) is 0 Å². The molecule has 2 rings (SSSR count). The Morgan fingerprint density at radius 2 is 2.18 bits per heavy atom. The molecule has 2 aromatic heterocycles. The van der Waals surface area contributed by atoms with Crippen LogP contribution in [0.15, 0.2) is 28.4 Å². The lowest BCUT2D eigenvalue weighted by Gasteiger charge is -2.33. The van der Waals surface area contributed by atoms with Crippen LogP contribution in [0.3, 0.4) is 0 Å². The Kier molecular flexibility index (Phi) is 8.11. The smallest absolute Gasteiger partial charge is 0.271 e. The van der Waals surface area contributed by atoms with Crippen molar-refractivity contribution in [3.63, 3.8) is 0 Å². The molecule has 0 aliphatic rings. The van der Waals surface area contributed by atoms with Crippen molar-refractivity contribution in [2.45, 2.75) is 26.3 Å². The first-order valence-corrected chi connectivity index (χ1v) is 7.35. The maximum atomic E-state index is 12.3. The van der Waals surface area contributed by atoms with E-state index >= 15 is 0 Å². The minimum Gasteiger partial charge on any atom is -0.472 e. The molecule has 0 fully saturated rings. The first kappa shape index (κ1) is 20.9. The number of nitrogens with zero attached hydrogens (tertiary/aromatic N) is 1. The Morgan fingerprint density at radius 1 is 1.50 bits per heavy atom. The fraction of sp³-hybridized carbons (Fsp3) is 0.429. The average molecular weight is 366 g/mol. The summed E-state index contributed by atoms with van der Waals surface area (Å²) in [5.41, 5.74) is 6.62. The molecule has 0 aromatic carbocycles. The van der Waals surface area contributed by atoms with E-state index in [9.17, 15) is 4.79 Å². The molecule has 1 atom stereocenters. The summed E-state index contributed by atoms with van der Waals surface area (Å²) in [7, 11) is 0. The van der Waals surface area contributed by atoms with Crippen molar-refractivity contribution < 1.29 is 9.21 Å². The zero-order chi connectivity index (χ0) is 14.8. The van der Waals surface area contributed by atoms with E-state index in [1.807, 2.05) is 26.8 Å². The molecule has 5 nitrogen and oxygen atoms in total. The van der Waals surface area contributed by atoms with Crippen LogP contribution in [0.25, 0.3) is 10.6 Å².